The Morgan fingerprint density at radius 2 is 1.92 bits per heavy atom. The summed E-state index contributed by atoms with van der Waals surface area (Å²) < 4.78 is 15.5. The minimum absolute atomic E-state index is 0.108. The summed E-state index contributed by atoms with van der Waals surface area (Å²) in [4.78, 5) is 21.5. The predicted octanol–water partition coefficient (Wildman–Crippen LogP) is 3.49. The Labute approximate surface area is 142 Å². The lowest BCUT2D eigenvalue weighted by Crippen LogP contribution is -2.10. The largest absolute Gasteiger partial charge is 0.490 e. The molecule has 0 saturated heterocycles. The molecule has 0 bridgehead atoms. The lowest BCUT2D eigenvalue weighted by molar-refractivity contribution is -0.384. The number of esters is 1. The summed E-state index contributed by atoms with van der Waals surface area (Å²) in [7, 11) is 1.30. The number of nitro benzene ring substituents is 1. The summed E-state index contributed by atoms with van der Waals surface area (Å²) in [6.45, 7) is 0.387. The molecule has 0 unspecified atom stereocenters. The van der Waals surface area contributed by atoms with Crippen molar-refractivity contribution in [1.82, 2.24) is 0 Å². The number of methoxy groups -OCH3 is 1. The highest BCUT2D eigenvalue weighted by atomic mass is 35.5. The van der Waals surface area contributed by atoms with Gasteiger partial charge in [-0.3, -0.25) is 10.1 Å². The highest BCUT2D eigenvalue weighted by molar-refractivity contribution is 6.32. The average Bonchev–Trinajstić information content (AvgIpc) is 2.59. The van der Waals surface area contributed by atoms with Gasteiger partial charge in [-0.1, -0.05) is 17.7 Å². The summed E-state index contributed by atoms with van der Waals surface area (Å²) >= 11 is 5.92. The second kappa shape index (κ2) is 8.16. The van der Waals surface area contributed by atoms with Crippen LogP contribution in [0.15, 0.2) is 42.5 Å². The maximum absolute atomic E-state index is 11.4. The van der Waals surface area contributed by atoms with E-state index in [0.717, 1.165) is 0 Å². The molecule has 24 heavy (non-hydrogen) atoms. The van der Waals surface area contributed by atoms with E-state index in [-0.39, 0.29) is 23.9 Å². The molecule has 0 amide bonds. The zero-order valence-electron chi connectivity index (χ0n) is 12.7. The van der Waals surface area contributed by atoms with Gasteiger partial charge in [-0.15, -0.1) is 0 Å². The second-order valence-corrected chi connectivity index (χ2v) is 5.00. The lowest BCUT2D eigenvalue weighted by Gasteiger charge is -2.10. The van der Waals surface area contributed by atoms with E-state index in [4.69, 9.17) is 21.1 Å². The minimum Gasteiger partial charge on any atom is -0.490 e. The number of ether oxygens (including phenoxy) is 3. The van der Waals surface area contributed by atoms with Crippen molar-refractivity contribution in [2.75, 3.05) is 20.3 Å². The standard InChI is InChI=1S/C16H14ClNO6/c1-22-16(19)11-3-2-4-13(9-11)23-7-8-24-15-6-5-12(18(20)21)10-14(15)17/h2-6,9-10H,7-8H2,1H3. The monoisotopic (exact) mass is 351 g/mol. The number of non-ortho nitro benzene ring substituents is 1. The molecule has 0 aliphatic heterocycles. The maximum Gasteiger partial charge on any atom is 0.337 e. The molecule has 0 aliphatic rings. The van der Waals surface area contributed by atoms with Crippen molar-refractivity contribution in [3.63, 3.8) is 0 Å². The highest BCUT2D eigenvalue weighted by Crippen LogP contribution is 2.28. The number of nitrogens with zero attached hydrogens (tertiary/aromatic N) is 1. The van der Waals surface area contributed by atoms with Crippen LogP contribution in [-0.2, 0) is 4.74 Å². The fraction of sp³-hybridized carbons (Fsp3) is 0.188. The normalized spacial score (nSPS) is 10.1. The summed E-state index contributed by atoms with van der Waals surface area (Å²) in [6, 6.07) is 10.5. The van der Waals surface area contributed by atoms with Gasteiger partial charge in [0, 0.05) is 12.1 Å². The number of rotatable bonds is 7. The Morgan fingerprint density at radius 1 is 1.17 bits per heavy atom. The first-order valence-electron chi connectivity index (χ1n) is 6.89. The zero-order chi connectivity index (χ0) is 17.5. The maximum atomic E-state index is 11.4. The summed E-state index contributed by atoms with van der Waals surface area (Å²) in [5, 5.41) is 10.8. The topological polar surface area (TPSA) is 87.9 Å². The fourth-order valence-electron chi connectivity index (χ4n) is 1.86. The van der Waals surface area contributed by atoms with Crippen LogP contribution in [-0.4, -0.2) is 31.2 Å². The average molecular weight is 352 g/mol. The van der Waals surface area contributed by atoms with Crippen LogP contribution in [0, 0.1) is 10.1 Å². The predicted molar refractivity (Wildman–Crippen MR) is 86.9 cm³/mol. The molecule has 0 saturated carbocycles. The van der Waals surface area contributed by atoms with Crippen molar-refractivity contribution in [3.8, 4) is 11.5 Å². The quantitative estimate of drug-likeness (QED) is 0.328. The third-order valence-corrected chi connectivity index (χ3v) is 3.29. The van der Waals surface area contributed by atoms with E-state index in [1.807, 2.05) is 0 Å². The lowest BCUT2D eigenvalue weighted by atomic mass is 10.2. The van der Waals surface area contributed by atoms with E-state index in [0.29, 0.717) is 17.1 Å². The van der Waals surface area contributed by atoms with Crippen LogP contribution < -0.4 is 9.47 Å². The van der Waals surface area contributed by atoms with Gasteiger partial charge in [-0.2, -0.15) is 0 Å². The van der Waals surface area contributed by atoms with E-state index in [1.54, 1.807) is 24.3 Å². The Morgan fingerprint density at radius 3 is 2.58 bits per heavy atom. The molecule has 2 aromatic carbocycles. The van der Waals surface area contributed by atoms with Gasteiger partial charge >= 0.3 is 5.97 Å². The zero-order valence-corrected chi connectivity index (χ0v) is 13.5. The highest BCUT2D eigenvalue weighted by Gasteiger charge is 2.10. The molecule has 8 heteroatoms. The van der Waals surface area contributed by atoms with Crippen LogP contribution in [0.5, 0.6) is 11.5 Å². The van der Waals surface area contributed by atoms with Crippen LogP contribution >= 0.6 is 11.6 Å². The molecule has 0 aromatic heterocycles. The van der Waals surface area contributed by atoms with E-state index < -0.39 is 10.9 Å². The van der Waals surface area contributed by atoms with Gasteiger partial charge in [0.05, 0.1) is 22.6 Å². The Hall–Kier alpha value is -2.80. The van der Waals surface area contributed by atoms with Gasteiger partial charge in [-0.05, 0) is 24.3 Å². The van der Waals surface area contributed by atoms with Crippen molar-refractivity contribution >= 4 is 23.3 Å². The minimum atomic E-state index is -0.535. The molecule has 126 valence electrons. The first-order chi connectivity index (χ1) is 11.5. The van der Waals surface area contributed by atoms with Crippen LogP contribution in [0.4, 0.5) is 5.69 Å². The number of hydrogen-bond donors (Lipinski definition) is 0. The van der Waals surface area contributed by atoms with E-state index >= 15 is 0 Å². The molecule has 7 nitrogen and oxygen atoms in total. The molecule has 0 radical (unpaired) electrons. The molecule has 0 aliphatic carbocycles. The van der Waals surface area contributed by atoms with Gasteiger partial charge in [0.15, 0.2) is 0 Å². The molecule has 0 spiro atoms. The Bertz CT molecular complexity index is 749. The van der Waals surface area contributed by atoms with E-state index in [2.05, 4.69) is 4.74 Å². The number of nitro groups is 1. The summed E-state index contributed by atoms with van der Waals surface area (Å²) in [5.74, 6) is 0.375. The molecule has 2 rings (SSSR count). The molecule has 0 heterocycles. The van der Waals surface area contributed by atoms with Crippen LogP contribution in [0.2, 0.25) is 5.02 Å². The van der Waals surface area contributed by atoms with Crippen LogP contribution in [0.3, 0.4) is 0 Å². The number of hydrogen-bond acceptors (Lipinski definition) is 6. The van der Waals surface area contributed by atoms with Crippen LogP contribution in [0.1, 0.15) is 10.4 Å². The molecule has 2 aromatic rings. The summed E-state index contributed by atoms with van der Waals surface area (Å²) in [5.41, 5.74) is 0.276. The van der Waals surface area contributed by atoms with Crippen molar-refractivity contribution in [2.24, 2.45) is 0 Å². The molecule has 0 N–H and O–H groups in total. The molecular formula is C16H14ClNO6. The Kier molecular flexibility index (Phi) is 5.97. The van der Waals surface area contributed by atoms with Gasteiger partial charge in [0.2, 0.25) is 0 Å². The van der Waals surface area contributed by atoms with E-state index in [9.17, 15) is 14.9 Å². The Balaban J connectivity index is 1.87. The third-order valence-electron chi connectivity index (χ3n) is 2.99. The number of benzene rings is 2. The SMILES string of the molecule is COC(=O)c1cccc(OCCOc2ccc([N+](=O)[O-])cc2Cl)c1. The molecule has 0 atom stereocenters. The van der Waals surface area contributed by atoms with Gasteiger partial charge < -0.3 is 14.2 Å². The summed E-state index contributed by atoms with van der Waals surface area (Å²) in [6.07, 6.45) is 0. The van der Waals surface area contributed by atoms with Crippen molar-refractivity contribution in [2.45, 2.75) is 0 Å². The van der Waals surface area contributed by atoms with Gasteiger partial charge in [0.1, 0.15) is 24.7 Å². The van der Waals surface area contributed by atoms with Crippen molar-refractivity contribution < 1.29 is 23.9 Å². The van der Waals surface area contributed by atoms with E-state index in [1.165, 1.54) is 25.3 Å². The number of carbonyl (C=O) groups is 1. The van der Waals surface area contributed by atoms with Crippen molar-refractivity contribution in [1.29, 1.82) is 0 Å². The fourth-order valence-corrected chi connectivity index (χ4v) is 2.09. The second-order valence-electron chi connectivity index (χ2n) is 4.59. The smallest absolute Gasteiger partial charge is 0.337 e. The number of carbonyl (C=O) groups excluding carboxylic acids is 1. The third kappa shape index (κ3) is 4.60. The van der Waals surface area contributed by atoms with Gasteiger partial charge in [-0.25, -0.2) is 4.79 Å². The molecular weight excluding hydrogens is 338 g/mol. The first-order valence-corrected chi connectivity index (χ1v) is 7.27. The van der Waals surface area contributed by atoms with Crippen LogP contribution in [0.25, 0.3) is 0 Å². The first kappa shape index (κ1) is 17.6. The van der Waals surface area contributed by atoms with Gasteiger partial charge in [0.25, 0.3) is 5.69 Å². The van der Waals surface area contributed by atoms with Crippen molar-refractivity contribution in [3.05, 3.63) is 63.2 Å². The molecule has 0 fully saturated rings. The number of halogens is 1.